The van der Waals surface area contributed by atoms with Crippen molar-refractivity contribution >= 4 is 12.0 Å². The number of hydrogen-bond donors (Lipinski definition) is 0. The molecule has 3 heteroatoms. The Balaban J connectivity index is 0.000000640. The smallest absolute Gasteiger partial charge is 0.795 e. The molecule has 1 aromatic rings. The van der Waals surface area contributed by atoms with Crippen molar-refractivity contribution in [2.24, 2.45) is 0 Å². The SMILES string of the molecule is [K+].[O-]Sc1ccccc1. The second kappa shape index (κ2) is 5.91. The van der Waals surface area contributed by atoms with Crippen LogP contribution >= 0.6 is 12.0 Å². The van der Waals surface area contributed by atoms with Crippen LogP contribution in [0.5, 0.6) is 0 Å². The summed E-state index contributed by atoms with van der Waals surface area (Å²) in [6, 6.07) is 9.16. The predicted octanol–water partition coefficient (Wildman–Crippen LogP) is -1.09. The van der Waals surface area contributed by atoms with E-state index in [-0.39, 0.29) is 51.4 Å². The zero-order chi connectivity index (χ0) is 5.82. The molecule has 0 heterocycles. The van der Waals surface area contributed by atoms with Gasteiger partial charge in [-0.05, 0) is 17.0 Å². The van der Waals surface area contributed by atoms with Gasteiger partial charge in [0.2, 0.25) is 0 Å². The summed E-state index contributed by atoms with van der Waals surface area (Å²) in [6.45, 7) is 0. The Kier molecular flexibility index (Phi) is 6.68. The van der Waals surface area contributed by atoms with Crippen LogP contribution in [-0.4, -0.2) is 4.55 Å². The summed E-state index contributed by atoms with van der Waals surface area (Å²) >= 11 is 0.519. The van der Waals surface area contributed by atoms with E-state index in [1.807, 2.05) is 18.2 Å². The molecule has 0 aliphatic rings. The Morgan fingerprint density at radius 2 is 1.67 bits per heavy atom. The molecule has 0 aliphatic carbocycles. The van der Waals surface area contributed by atoms with Crippen LogP contribution in [0.2, 0.25) is 0 Å². The van der Waals surface area contributed by atoms with Crippen LogP contribution in [0, 0.1) is 0 Å². The number of rotatable bonds is 1. The zero-order valence-corrected chi connectivity index (χ0v) is 9.14. The fraction of sp³-hybridized carbons (Fsp3) is 0. The van der Waals surface area contributed by atoms with Gasteiger partial charge in [0, 0.05) is 0 Å². The van der Waals surface area contributed by atoms with E-state index in [1.54, 1.807) is 12.1 Å². The van der Waals surface area contributed by atoms with E-state index in [1.165, 1.54) is 0 Å². The van der Waals surface area contributed by atoms with Gasteiger partial charge in [-0.3, -0.25) is 0 Å². The first-order valence-electron chi connectivity index (χ1n) is 2.28. The molecule has 0 saturated carbocycles. The Morgan fingerprint density at radius 1 is 1.11 bits per heavy atom. The third-order valence-electron chi connectivity index (χ3n) is 0.839. The van der Waals surface area contributed by atoms with Crippen molar-refractivity contribution in [2.45, 2.75) is 4.90 Å². The molecule has 1 rings (SSSR count). The van der Waals surface area contributed by atoms with Gasteiger partial charge in [-0.15, -0.1) is 0 Å². The van der Waals surface area contributed by atoms with Gasteiger partial charge in [0.25, 0.3) is 0 Å². The van der Waals surface area contributed by atoms with Crippen LogP contribution in [0.3, 0.4) is 0 Å². The monoisotopic (exact) mass is 164 g/mol. The minimum Gasteiger partial charge on any atom is -0.795 e. The van der Waals surface area contributed by atoms with Crippen molar-refractivity contribution in [3.05, 3.63) is 30.3 Å². The van der Waals surface area contributed by atoms with Crippen LogP contribution in [0.4, 0.5) is 0 Å². The second-order valence-corrected chi connectivity index (χ2v) is 2.03. The molecule has 0 spiro atoms. The molecule has 0 amide bonds. The van der Waals surface area contributed by atoms with Crippen molar-refractivity contribution in [1.82, 2.24) is 0 Å². The molecule has 0 atom stereocenters. The van der Waals surface area contributed by atoms with E-state index in [0.717, 1.165) is 4.90 Å². The third-order valence-corrected chi connectivity index (χ3v) is 1.30. The average Bonchev–Trinajstić information content (AvgIpc) is 1.90. The van der Waals surface area contributed by atoms with E-state index >= 15 is 0 Å². The first kappa shape index (κ1) is 10.2. The summed E-state index contributed by atoms with van der Waals surface area (Å²) in [5.41, 5.74) is 0. The molecular weight excluding hydrogens is 159 g/mol. The topological polar surface area (TPSA) is 23.1 Å². The minimum absolute atomic E-state index is 0. The molecule has 0 bridgehead atoms. The third kappa shape index (κ3) is 3.78. The van der Waals surface area contributed by atoms with Crippen LogP contribution in [0.25, 0.3) is 0 Å². The summed E-state index contributed by atoms with van der Waals surface area (Å²) in [6.07, 6.45) is 0. The van der Waals surface area contributed by atoms with Gasteiger partial charge >= 0.3 is 51.4 Å². The predicted molar refractivity (Wildman–Crippen MR) is 33.1 cm³/mol. The van der Waals surface area contributed by atoms with E-state index in [0.29, 0.717) is 12.0 Å². The molecule has 0 saturated heterocycles. The van der Waals surface area contributed by atoms with Crippen molar-refractivity contribution < 1.29 is 55.9 Å². The van der Waals surface area contributed by atoms with Crippen molar-refractivity contribution in [1.29, 1.82) is 0 Å². The van der Waals surface area contributed by atoms with Gasteiger partial charge in [0.05, 0.1) is 0 Å². The maximum absolute atomic E-state index is 10.0. The largest absolute Gasteiger partial charge is 1.00 e. The van der Waals surface area contributed by atoms with Gasteiger partial charge in [-0.1, -0.05) is 18.2 Å². The van der Waals surface area contributed by atoms with Crippen LogP contribution in [0.15, 0.2) is 35.2 Å². The van der Waals surface area contributed by atoms with E-state index in [4.69, 9.17) is 0 Å². The number of hydrogen-bond acceptors (Lipinski definition) is 2. The molecule has 0 aliphatic heterocycles. The zero-order valence-electron chi connectivity index (χ0n) is 5.20. The van der Waals surface area contributed by atoms with E-state index < -0.39 is 0 Å². The Morgan fingerprint density at radius 3 is 2.00 bits per heavy atom. The molecule has 1 nitrogen and oxygen atoms in total. The van der Waals surface area contributed by atoms with Gasteiger partial charge in [-0.25, -0.2) is 12.0 Å². The van der Waals surface area contributed by atoms with Crippen molar-refractivity contribution in [2.75, 3.05) is 0 Å². The summed E-state index contributed by atoms with van der Waals surface area (Å²) in [5, 5.41) is 0. The molecule has 0 unspecified atom stereocenters. The standard InChI is InChI=1S/C6H6OS.K/c7-8-6-4-2-1-3-5-6;/h1-5,7H;/q;+1/p-1. The maximum atomic E-state index is 10.0. The van der Waals surface area contributed by atoms with Gasteiger partial charge in [0.15, 0.2) is 0 Å². The van der Waals surface area contributed by atoms with Gasteiger partial charge in [-0.2, -0.15) is 0 Å². The molecule has 0 aromatic heterocycles. The Bertz CT molecular complexity index is 154. The molecule has 0 N–H and O–H groups in total. The summed E-state index contributed by atoms with van der Waals surface area (Å²) in [7, 11) is 0. The van der Waals surface area contributed by atoms with Crippen molar-refractivity contribution in [3.63, 3.8) is 0 Å². The second-order valence-electron chi connectivity index (χ2n) is 1.40. The first-order valence-corrected chi connectivity index (χ1v) is 3.02. The van der Waals surface area contributed by atoms with Gasteiger partial charge < -0.3 is 4.55 Å². The summed E-state index contributed by atoms with van der Waals surface area (Å²) in [4.78, 5) is 0.771. The molecular formula is C6H5KOS. The summed E-state index contributed by atoms with van der Waals surface area (Å²) in [5.74, 6) is 0. The molecule has 0 fully saturated rings. The van der Waals surface area contributed by atoms with Crippen LogP contribution in [0.1, 0.15) is 0 Å². The molecule has 1 aromatic carbocycles. The van der Waals surface area contributed by atoms with Crippen molar-refractivity contribution in [3.8, 4) is 0 Å². The average molecular weight is 164 g/mol. The van der Waals surface area contributed by atoms with E-state index in [2.05, 4.69) is 0 Å². The van der Waals surface area contributed by atoms with Crippen LogP contribution < -0.4 is 51.4 Å². The minimum atomic E-state index is 0. The molecule has 0 radical (unpaired) electrons. The van der Waals surface area contributed by atoms with E-state index in [9.17, 15) is 4.55 Å². The normalized spacial score (nSPS) is 8.11. The summed E-state index contributed by atoms with van der Waals surface area (Å²) < 4.78 is 10.0. The Labute approximate surface area is 101 Å². The van der Waals surface area contributed by atoms with Crippen LogP contribution in [-0.2, 0) is 0 Å². The number of benzene rings is 1. The quantitative estimate of drug-likeness (QED) is 0.389. The fourth-order valence-corrected chi connectivity index (χ4v) is 0.744. The Hall–Kier alpha value is 1.17. The molecule has 9 heavy (non-hydrogen) atoms. The van der Waals surface area contributed by atoms with Gasteiger partial charge in [0.1, 0.15) is 0 Å². The first-order chi connectivity index (χ1) is 3.93. The maximum Gasteiger partial charge on any atom is 1.00 e. The molecule has 42 valence electrons. The fourth-order valence-electron chi connectivity index (χ4n) is 0.476.